The first-order valence-electron chi connectivity index (χ1n) is 7.35. The van der Waals surface area contributed by atoms with E-state index < -0.39 is 0 Å². The summed E-state index contributed by atoms with van der Waals surface area (Å²) in [5.74, 6) is 1.18. The van der Waals surface area contributed by atoms with Gasteiger partial charge in [0.15, 0.2) is 0 Å². The van der Waals surface area contributed by atoms with Crippen molar-refractivity contribution in [1.82, 2.24) is 4.90 Å². The number of rotatable bonds is 6. The minimum atomic E-state index is 0.468. The smallest absolute Gasteiger partial charge is 0.133 e. The SMILES string of the molecule is CCC(CC)N(CC(C)C)C1CCC(=O)CC1. The average molecular weight is 239 g/mol. The monoisotopic (exact) mass is 239 g/mol. The summed E-state index contributed by atoms with van der Waals surface area (Å²) in [4.78, 5) is 14.0. The van der Waals surface area contributed by atoms with E-state index in [0.29, 0.717) is 23.8 Å². The number of Topliss-reactive ketones (excluding diaryl/α,β-unsaturated/α-hetero) is 1. The molecule has 1 aliphatic carbocycles. The van der Waals surface area contributed by atoms with E-state index in [4.69, 9.17) is 0 Å². The van der Waals surface area contributed by atoms with Crippen LogP contribution in [0.4, 0.5) is 0 Å². The van der Waals surface area contributed by atoms with Crippen LogP contribution in [-0.2, 0) is 4.79 Å². The molecular formula is C15H29NO. The predicted molar refractivity (Wildman–Crippen MR) is 73.2 cm³/mol. The average Bonchev–Trinajstić information content (AvgIpc) is 2.30. The third-order valence-corrected chi connectivity index (χ3v) is 3.97. The lowest BCUT2D eigenvalue weighted by molar-refractivity contribution is -0.121. The third kappa shape index (κ3) is 4.42. The highest BCUT2D eigenvalue weighted by Crippen LogP contribution is 2.25. The molecule has 17 heavy (non-hydrogen) atoms. The Morgan fingerprint density at radius 2 is 1.71 bits per heavy atom. The summed E-state index contributed by atoms with van der Waals surface area (Å²) in [6.07, 6.45) is 6.24. The van der Waals surface area contributed by atoms with Gasteiger partial charge in [-0.1, -0.05) is 27.7 Å². The summed E-state index contributed by atoms with van der Waals surface area (Å²) >= 11 is 0. The first-order valence-corrected chi connectivity index (χ1v) is 7.35. The third-order valence-electron chi connectivity index (χ3n) is 3.97. The molecule has 0 aromatic rings. The molecule has 0 spiro atoms. The Hall–Kier alpha value is -0.370. The van der Waals surface area contributed by atoms with E-state index >= 15 is 0 Å². The molecule has 2 heteroatoms. The Morgan fingerprint density at radius 1 is 1.18 bits per heavy atom. The predicted octanol–water partition coefficient (Wildman–Crippen LogP) is 3.64. The summed E-state index contributed by atoms with van der Waals surface area (Å²) in [5.41, 5.74) is 0. The molecule has 0 heterocycles. The lowest BCUT2D eigenvalue weighted by Crippen LogP contribution is -2.46. The van der Waals surface area contributed by atoms with E-state index in [0.717, 1.165) is 25.7 Å². The molecule has 100 valence electrons. The van der Waals surface area contributed by atoms with Crippen LogP contribution in [0.5, 0.6) is 0 Å². The molecule has 1 rings (SSSR count). The van der Waals surface area contributed by atoms with E-state index in [1.165, 1.54) is 19.4 Å². The first-order chi connectivity index (χ1) is 8.08. The minimum absolute atomic E-state index is 0.468. The molecule has 0 saturated heterocycles. The van der Waals surface area contributed by atoms with Crippen LogP contribution in [0.2, 0.25) is 0 Å². The zero-order valence-electron chi connectivity index (χ0n) is 12.0. The molecule has 0 atom stereocenters. The van der Waals surface area contributed by atoms with E-state index in [9.17, 15) is 4.79 Å². The van der Waals surface area contributed by atoms with Gasteiger partial charge in [-0.25, -0.2) is 0 Å². The van der Waals surface area contributed by atoms with Crippen molar-refractivity contribution in [1.29, 1.82) is 0 Å². The normalized spacial score (nSPS) is 18.6. The van der Waals surface area contributed by atoms with Crippen LogP contribution in [0, 0.1) is 5.92 Å². The molecule has 1 saturated carbocycles. The maximum atomic E-state index is 11.3. The molecule has 0 bridgehead atoms. The summed E-state index contributed by atoms with van der Waals surface area (Å²) in [5, 5.41) is 0. The summed E-state index contributed by atoms with van der Waals surface area (Å²) < 4.78 is 0. The molecule has 0 unspecified atom stereocenters. The van der Waals surface area contributed by atoms with Crippen LogP contribution in [-0.4, -0.2) is 29.3 Å². The largest absolute Gasteiger partial charge is 0.300 e. The fourth-order valence-corrected chi connectivity index (χ4v) is 3.03. The van der Waals surface area contributed by atoms with Gasteiger partial charge in [-0.3, -0.25) is 9.69 Å². The van der Waals surface area contributed by atoms with Crippen LogP contribution < -0.4 is 0 Å². The highest BCUT2D eigenvalue weighted by atomic mass is 16.1. The molecule has 0 aromatic heterocycles. The van der Waals surface area contributed by atoms with Gasteiger partial charge in [0.25, 0.3) is 0 Å². The Balaban J connectivity index is 2.64. The highest BCUT2D eigenvalue weighted by molar-refractivity contribution is 5.79. The van der Waals surface area contributed by atoms with Crippen molar-refractivity contribution in [3.8, 4) is 0 Å². The Bertz CT molecular complexity index is 223. The van der Waals surface area contributed by atoms with Crippen LogP contribution in [0.25, 0.3) is 0 Å². The van der Waals surface area contributed by atoms with Gasteiger partial charge in [0.1, 0.15) is 5.78 Å². The Labute approximate surface area is 107 Å². The zero-order chi connectivity index (χ0) is 12.8. The number of carbonyl (C=O) groups excluding carboxylic acids is 1. The van der Waals surface area contributed by atoms with Crippen molar-refractivity contribution in [2.75, 3.05) is 6.54 Å². The highest BCUT2D eigenvalue weighted by Gasteiger charge is 2.28. The van der Waals surface area contributed by atoms with Crippen molar-refractivity contribution in [3.05, 3.63) is 0 Å². The molecule has 0 aromatic carbocycles. The van der Waals surface area contributed by atoms with Crippen LogP contribution in [0.1, 0.15) is 66.2 Å². The van der Waals surface area contributed by atoms with E-state index in [2.05, 4.69) is 32.6 Å². The van der Waals surface area contributed by atoms with Crippen LogP contribution in [0.15, 0.2) is 0 Å². The molecule has 0 N–H and O–H groups in total. The minimum Gasteiger partial charge on any atom is -0.300 e. The lowest BCUT2D eigenvalue weighted by atomic mass is 9.90. The fourth-order valence-electron chi connectivity index (χ4n) is 3.03. The number of hydrogen-bond acceptors (Lipinski definition) is 2. The summed E-state index contributed by atoms with van der Waals surface area (Å²) in [6.45, 7) is 10.4. The van der Waals surface area contributed by atoms with E-state index in [1.54, 1.807) is 0 Å². The van der Waals surface area contributed by atoms with Crippen molar-refractivity contribution in [2.24, 2.45) is 5.92 Å². The van der Waals surface area contributed by atoms with Gasteiger partial charge in [-0.15, -0.1) is 0 Å². The molecular weight excluding hydrogens is 210 g/mol. The number of ketones is 1. The van der Waals surface area contributed by atoms with Crippen molar-refractivity contribution in [3.63, 3.8) is 0 Å². The zero-order valence-corrected chi connectivity index (χ0v) is 12.0. The van der Waals surface area contributed by atoms with Crippen molar-refractivity contribution >= 4 is 5.78 Å². The standard InChI is InChI=1S/C15H29NO/c1-5-13(6-2)16(11-12(3)4)14-7-9-15(17)10-8-14/h12-14H,5-11H2,1-4H3. The topological polar surface area (TPSA) is 20.3 Å². The maximum Gasteiger partial charge on any atom is 0.133 e. The van der Waals surface area contributed by atoms with Gasteiger partial charge in [-0.05, 0) is 31.6 Å². The molecule has 0 amide bonds. The molecule has 1 fully saturated rings. The maximum absolute atomic E-state index is 11.3. The van der Waals surface area contributed by atoms with Gasteiger partial charge in [-0.2, -0.15) is 0 Å². The Morgan fingerprint density at radius 3 is 2.12 bits per heavy atom. The first kappa shape index (κ1) is 14.7. The second-order valence-corrected chi connectivity index (χ2v) is 5.83. The van der Waals surface area contributed by atoms with E-state index in [1.807, 2.05) is 0 Å². The number of carbonyl (C=O) groups is 1. The van der Waals surface area contributed by atoms with Crippen LogP contribution >= 0.6 is 0 Å². The number of nitrogens with zero attached hydrogens (tertiary/aromatic N) is 1. The quantitative estimate of drug-likeness (QED) is 0.705. The van der Waals surface area contributed by atoms with Gasteiger partial charge >= 0.3 is 0 Å². The number of hydrogen-bond donors (Lipinski definition) is 0. The molecule has 0 aliphatic heterocycles. The molecule has 0 radical (unpaired) electrons. The lowest BCUT2D eigenvalue weighted by Gasteiger charge is -2.40. The second-order valence-electron chi connectivity index (χ2n) is 5.83. The van der Waals surface area contributed by atoms with Gasteiger partial charge in [0, 0.05) is 31.5 Å². The van der Waals surface area contributed by atoms with Gasteiger partial charge < -0.3 is 0 Å². The fraction of sp³-hybridized carbons (Fsp3) is 0.933. The van der Waals surface area contributed by atoms with Crippen molar-refractivity contribution in [2.45, 2.75) is 78.3 Å². The van der Waals surface area contributed by atoms with E-state index in [-0.39, 0.29) is 0 Å². The summed E-state index contributed by atoms with van der Waals surface area (Å²) in [6, 6.07) is 1.36. The summed E-state index contributed by atoms with van der Waals surface area (Å²) in [7, 11) is 0. The second kappa shape index (κ2) is 7.15. The van der Waals surface area contributed by atoms with Gasteiger partial charge in [0.05, 0.1) is 0 Å². The molecule has 1 aliphatic rings. The van der Waals surface area contributed by atoms with Crippen LogP contribution in [0.3, 0.4) is 0 Å². The van der Waals surface area contributed by atoms with Crippen molar-refractivity contribution < 1.29 is 4.79 Å². The van der Waals surface area contributed by atoms with Gasteiger partial charge in [0.2, 0.25) is 0 Å². The Kier molecular flexibility index (Phi) is 6.18. The molecule has 2 nitrogen and oxygen atoms in total.